The fourth-order valence-corrected chi connectivity index (χ4v) is 3.17. The highest BCUT2D eigenvalue weighted by molar-refractivity contribution is 5.94. The number of rotatable bonds is 4. The Balaban J connectivity index is 1.54. The zero-order valence-corrected chi connectivity index (χ0v) is 13.9. The molecule has 4 rings (SSSR count). The largest absolute Gasteiger partial charge is 0.345 e. The normalized spacial score (nSPS) is 15.8. The van der Waals surface area contributed by atoms with Gasteiger partial charge in [0.2, 0.25) is 11.7 Å². The van der Waals surface area contributed by atoms with Crippen molar-refractivity contribution in [3.63, 3.8) is 0 Å². The number of amides is 1. The fourth-order valence-electron chi connectivity index (χ4n) is 3.17. The zero-order valence-electron chi connectivity index (χ0n) is 13.9. The summed E-state index contributed by atoms with van der Waals surface area (Å²) in [7, 11) is 0. The molecule has 126 valence electrons. The van der Waals surface area contributed by atoms with E-state index >= 15 is 0 Å². The van der Waals surface area contributed by atoms with Gasteiger partial charge in [0.1, 0.15) is 0 Å². The molecule has 2 heterocycles. The maximum absolute atomic E-state index is 12.4. The lowest BCUT2D eigenvalue weighted by atomic mass is 10.0. The van der Waals surface area contributed by atoms with Gasteiger partial charge in [-0.15, -0.1) is 0 Å². The minimum Gasteiger partial charge on any atom is -0.345 e. The van der Waals surface area contributed by atoms with E-state index in [-0.39, 0.29) is 11.9 Å². The number of pyridine rings is 1. The number of fused-ring (bicyclic) bond motifs is 1. The smallest absolute Gasteiger partial charge is 0.251 e. The summed E-state index contributed by atoms with van der Waals surface area (Å²) in [5, 5.41) is 7.14. The van der Waals surface area contributed by atoms with E-state index in [0.717, 1.165) is 30.4 Å². The van der Waals surface area contributed by atoms with Gasteiger partial charge >= 0.3 is 0 Å². The SMILES string of the molecule is CCc1nc(-c2ccc3c(c2)CC[C@H]3NC(=O)c2ccncc2)no1. The van der Waals surface area contributed by atoms with Crippen LogP contribution in [0.25, 0.3) is 11.4 Å². The number of aryl methyl sites for hydroxylation is 2. The summed E-state index contributed by atoms with van der Waals surface area (Å²) >= 11 is 0. The number of hydrogen-bond donors (Lipinski definition) is 1. The number of hydrogen-bond acceptors (Lipinski definition) is 5. The molecule has 0 radical (unpaired) electrons. The molecule has 6 nitrogen and oxygen atoms in total. The Morgan fingerprint density at radius 1 is 1.28 bits per heavy atom. The van der Waals surface area contributed by atoms with Crippen LogP contribution in [0.5, 0.6) is 0 Å². The van der Waals surface area contributed by atoms with Crippen molar-refractivity contribution >= 4 is 5.91 Å². The molecule has 0 bridgehead atoms. The molecule has 0 fully saturated rings. The van der Waals surface area contributed by atoms with Crippen LogP contribution >= 0.6 is 0 Å². The van der Waals surface area contributed by atoms with Crippen LogP contribution in [0.1, 0.15) is 46.8 Å². The van der Waals surface area contributed by atoms with E-state index in [4.69, 9.17) is 4.52 Å². The van der Waals surface area contributed by atoms with Gasteiger partial charge in [0, 0.05) is 29.9 Å². The Labute approximate surface area is 145 Å². The summed E-state index contributed by atoms with van der Waals surface area (Å²) in [5.41, 5.74) is 3.95. The highest BCUT2D eigenvalue weighted by atomic mass is 16.5. The number of carbonyl (C=O) groups is 1. The molecule has 1 atom stereocenters. The molecule has 0 aliphatic heterocycles. The van der Waals surface area contributed by atoms with Crippen LogP contribution in [-0.4, -0.2) is 21.0 Å². The Morgan fingerprint density at radius 2 is 2.12 bits per heavy atom. The maximum atomic E-state index is 12.4. The van der Waals surface area contributed by atoms with E-state index in [1.165, 1.54) is 5.56 Å². The van der Waals surface area contributed by atoms with Crippen LogP contribution in [0.15, 0.2) is 47.2 Å². The molecule has 0 spiro atoms. The van der Waals surface area contributed by atoms with Gasteiger partial charge in [-0.3, -0.25) is 9.78 Å². The topological polar surface area (TPSA) is 80.9 Å². The molecular formula is C19H18N4O2. The molecule has 1 aromatic carbocycles. The summed E-state index contributed by atoms with van der Waals surface area (Å²) in [6, 6.07) is 9.60. The van der Waals surface area contributed by atoms with Crippen LogP contribution < -0.4 is 5.32 Å². The van der Waals surface area contributed by atoms with E-state index < -0.39 is 0 Å². The highest BCUT2D eigenvalue weighted by Crippen LogP contribution is 2.33. The Hall–Kier alpha value is -3.02. The average molecular weight is 334 g/mol. The molecule has 6 heteroatoms. The number of carbonyl (C=O) groups excluding carboxylic acids is 1. The lowest BCUT2D eigenvalue weighted by Crippen LogP contribution is -2.27. The molecule has 1 aliphatic rings. The summed E-state index contributed by atoms with van der Waals surface area (Å²) in [5.74, 6) is 1.18. The van der Waals surface area contributed by atoms with Gasteiger partial charge < -0.3 is 9.84 Å². The number of benzene rings is 1. The Morgan fingerprint density at radius 3 is 2.88 bits per heavy atom. The number of aromatic nitrogens is 3. The van der Waals surface area contributed by atoms with Crippen molar-refractivity contribution in [2.45, 2.75) is 32.2 Å². The van der Waals surface area contributed by atoms with E-state index in [1.54, 1.807) is 24.5 Å². The van der Waals surface area contributed by atoms with Crippen LogP contribution in [0.2, 0.25) is 0 Å². The monoisotopic (exact) mass is 334 g/mol. The molecule has 1 amide bonds. The first kappa shape index (κ1) is 15.5. The summed E-state index contributed by atoms with van der Waals surface area (Å²) < 4.78 is 5.19. The second-order valence-corrected chi connectivity index (χ2v) is 6.08. The molecule has 1 aliphatic carbocycles. The fraction of sp³-hybridized carbons (Fsp3) is 0.263. The van der Waals surface area contributed by atoms with Crippen molar-refractivity contribution in [3.8, 4) is 11.4 Å². The first-order chi connectivity index (χ1) is 12.2. The summed E-state index contributed by atoms with van der Waals surface area (Å²) in [6.45, 7) is 1.98. The third-order valence-electron chi connectivity index (χ3n) is 4.50. The van der Waals surface area contributed by atoms with Crippen LogP contribution in [0, 0.1) is 0 Å². The van der Waals surface area contributed by atoms with Gasteiger partial charge in [-0.05, 0) is 42.2 Å². The van der Waals surface area contributed by atoms with E-state index in [0.29, 0.717) is 17.3 Å². The first-order valence-electron chi connectivity index (χ1n) is 8.41. The molecule has 0 unspecified atom stereocenters. The van der Waals surface area contributed by atoms with E-state index in [2.05, 4.69) is 32.6 Å². The number of nitrogens with zero attached hydrogens (tertiary/aromatic N) is 3. The summed E-state index contributed by atoms with van der Waals surface area (Å²) in [4.78, 5) is 20.7. The van der Waals surface area contributed by atoms with Crippen molar-refractivity contribution in [1.82, 2.24) is 20.4 Å². The Kier molecular flexibility index (Phi) is 4.01. The second-order valence-electron chi connectivity index (χ2n) is 6.08. The first-order valence-corrected chi connectivity index (χ1v) is 8.41. The molecule has 25 heavy (non-hydrogen) atoms. The maximum Gasteiger partial charge on any atom is 0.251 e. The van der Waals surface area contributed by atoms with Crippen molar-refractivity contribution < 1.29 is 9.32 Å². The van der Waals surface area contributed by atoms with E-state index in [1.807, 2.05) is 13.0 Å². The van der Waals surface area contributed by atoms with Gasteiger partial charge in [0.25, 0.3) is 5.91 Å². The molecule has 1 N–H and O–H groups in total. The third kappa shape index (κ3) is 3.03. The molecule has 3 aromatic rings. The van der Waals surface area contributed by atoms with Gasteiger partial charge in [0.05, 0.1) is 6.04 Å². The van der Waals surface area contributed by atoms with Gasteiger partial charge in [-0.25, -0.2) is 0 Å². The number of nitrogens with one attached hydrogen (secondary N) is 1. The van der Waals surface area contributed by atoms with Crippen LogP contribution in [-0.2, 0) is 12.8 Å². The van der Waals surface area contributed by atoms with Gasteiger partial charge in [0.15, 0.2) is 0 Å². The predicted octanol–water partition coefficient (Wildman–Crippen LogP) is 3.11. The highest BCUT2D eigenvalue weighted by Gasteiger charge is 2.25. The lowest BCUT2D eigenvalue weighted by Gasteiger charge is -2.14. The van der Waals surface area contributed by atoms with E-state index in [9.17, 15) is 4.79 Å². The van der Waals surface area contributed by atoms with Crippen LogP contribution in [0.4, 0.5) is 0 Å². The van der Waals surface area contributed by atoms with Crippen LogP contribution in [0.3, 0.4) is 0 Å². The quantitative estimate of drug-likeness (QED) is 0.793. The second kappa shape index (κ2) is 6.47. The van der Waals surface area contributed by atoms with Crippen molar-refractivity contribution in [2.24, 2.45) is 0 Å². The standard InChI is InChI=1S/C19H18N4O2/c1-2-17-22-18(23-25-17)14-3-5-15-13(11-14)4-6-16(15)21-19(24)12-7-9-20-10-8-12/h3,5,7-11,16H,2,4,6H2,1H3,(H,21,24)/t16-/m1/s1. The minimum atomic E-state index is -0.0740. The Bertz CT molecular complexity index is 905. The summed E-state index contributed by atoms with van der Waals surface area (Å²) in [6.07, 6.45) is 5.78. The molecule has 0 saturated carbocycles. The van der Waals surface area contributed by atoms with Crippen molar-refractivity contribution in [1.29, 1.82) is 0 Å². The molecular weight excluding hydrogens is 316 g/mol. The van der Waals surface area contributed by atoms with Crippen molar-refractivity contribution in [3.05, 3.63) is 65.3 Å². The third-order valence-corrected chi connectivity index (χ3v) is 4.50. The molecule has 0 saturated heterocycles. The van der Waals surface area contributed by atoms with Gasteiger partial charge in [-0.1, -0.05) is 24.2 Å². The minimum absolute atomic E-state index is 0.0289. The average Bonchev–Trinajstić information content (AvgIpc) is 3.29. The molecule has 2 aromatic heterocycles. The van der Waals surface area contributed by atoms with Crippen molar-refractivity contribution in [2.75, 3.05) is 0 Å². The lowest BCUT2D eigenvalue weighted by molar-refractivity contribution is 0.0936. The zero-order chi connectivity index (χ0) is 17.2. The predicted molar refractivity (Wildman–Crippen MR) is 91.9 cm³/mol. The van der Waals surface area contributed by atoms with Gasteiger partial charge in [-0.2, -0.15) is 4.98 Å².